The Morgan fingerprint density at radius 3 is 2.77 bits per heavy atom. The standard InChI is InChI=1S/C17H23N3OS/c1-14-7-3-4-9-16(14)21-11-6-10-19-17(18-2)20-13-15-8-5-12-22-15/h3-5,7-9,12H,6,10-11,13H2,1-2H3,(H2,18,19,20). The van der Waals surface area contributed by atoms with Crippen LogP contribution in [-0.4, -0.2) is 26.2 Å². The highest BCUT2D eigenvalue weighted by Gasteiger charge is 2.00. The number of aryl methyl sites for hydroxylation is 1. The predicted molar refractivity (Wildman–Crippen MR) is 93.8 cm³/mol. The number of para-hydroxylation sites is 1. The second-order valence-corrected chi connectivity index (χ2v) is 5.93. The molecule has 1 aromatic carbocycles. The van der Waals surface area contributed by atoms with Gasteiger partial charge in [-0.3, -0.25) is 4.99 Å². The molecule has 1 aromatic heterocycles. The van der Waals surface area contributed by atoms with Crippen LogP contribution in [0.1, 0.15) is 16.9 Å². The molecule has 4 nitrogen and oxygen atoms in total. The minimum atomic E-state index is 0.694. The van der Waals surface area contributed by atoms with Gasteiger partial charge in [0.25, 0.3) is 0 Å². The SMILES string of the molecule is CN=C(NCCCOc1ccccc1C)NCc1cccs1. The Morgan fingerprint density at radius 2 is 2.05 bits per heavy atom. The third-order valence-corrected chi connectivity index (χ3v) is 4.07. The summed E-state index contributed by atoms with van der Waals surface area (Å²) < 4.78 is 5.77. The second kappa shape index (κ2) is 9.10. The molecular weight excluding hydrogens is 294 g/mol. The minimum absolute atomic E-state index is 0.694. The molecule has 1 heterocycles. The summed E-state index contributed by atoms with van der Waals surface area (Å²) in [5.74, 6) is 1.78. The molecule has 2 aromatic rings. The molecule has 5 heteroatoms. The number of ether oxygens (including phenoxy) is 1. The van der Waals surface area contributed by atoms with Crippen molar-refractivity contribution in [3.63, 3.8) is 0 Å². The Bertz CT molecular complexity index is 581. The number of hydrogen-bond donors (Lipinski definition) is 2. The number of guanidine groups is 1. The molecule has 0 saturated heterocycles. The van der Waals surface area contributed by atoms with E-state index in [2.05, 4.69) is 46.1 Å². The van der Waals surface area contributed by atoms with Crippen LogP contribution in [0.3, 0.4) is 0 Å². The van der Waals surface area contributed by atoms with E-state index < -0.39 is 0 Å². The van der Waals surface area contributed by atoms with Gasteiger partial charge in [-0.05, 0) is 36.4 Å². The van der Waals surface area contributed by atoms with Crippen molar-refractivity contribution in [1.29, 1.82) is 0 Å². The van der Waals surface area contributed by atoms with Crippen molar-refractivity contribution in [3.8, 4) is 5.75 Å². The van der Waals surface area contributed by atoms with Gasteiger partial charge < -0.3 is 15.4 Å². The van der Waals surface area contributed by atoms with Gasteiger partial charge in [0.2, 0.25) is 0 Å². The molecule has 0 unspecified atom stereocenters. The van der Waals surface area contributed by atoms with Crippen LogP contribution in [0.2, 0.25) is 0 Å². The first kappa shape index (κ1) is 16.4. The van der Waals surface area contributed by atoms with Gasteiger partial charge in [0.1, 0.15) is 5.75 Å². The van der Waals surface area contributed by atoms with E-state index in [-0.39, 0.29) is 0 Å². The van der Waals surface area contributed by atoms with Crippen LogP contribution in [0, 0.1) is 6.92 Å². The summed E-state index contributed by atoms with van der Waals surface area (Å²) >= 11 is 1.74. The van der Waals surface area contributed by atoms with Crippen molar-refractivity contribution in [2.75, 3.05) is 20.2 Å². The van der Waals surface area contributed by atoms with E-state index in [0.717, 1.165) is 31.2 Å². The van der Waals surface area contributed by atoms with E-state index in [4.69, 9.17) is 4.74 Å². The van der Waals surface area contributed by atoms with Crippen LogP contribution in [0.5, 0.6) is 5.75 Å². The number of benzene rings is 1. The molecule has 0 aliphatic rings. The highest BCUT2D eigenvalue weighted by molar-refractivity contribution is 7.09. The molecule has 0 fully saturated rings. The molecule has 0 bridgehead atoms. The van der Waals surface area contributed by atoms with E-state index >= 15 is 0 Å². The smallest absolute Gasteiger partial charge is 0.191 e. The van der Waals surface area contributed by atoms with Crippen molar-refractivity contribution in [3.05, 3.63) is 52.2 Å². The maximum atomic E-state index is 5.77. The fourth-order valence-electron chi connectivity index (χ4n) is 1.98. The normalized spacial score (nSPS) is 11.3. The number of thiophene rings is 1. The number of nitrogens with zero attached hydrogens (tertiary/aromatic N) is 1. The summed E-state index contributed by atoms with van der Waals surface area (Å²) in [4.78, 5) is 5.51. The van der Waals surface area contributed by atoms with Crippen molar-refractivity contribution < 1.29 is 4.74 Å². The van der Waals surface area contributed by atoms with Gasteiger partial charge in [0.05, 0.1) is 13.2 Å². The third kappa shape index (κ3) is 5.41. The van der Waals surface area contributed by atoms with E-state index in [0.29, 0.717) is 6.61 Å². The fourth-order valence-corrected chi connectivity index (χ4v) is 2.63. The van der Waals surface area contributed by atoms with Crippen molar-refractivity contribution in [2.45, 2.75) is 19.9 Å². The van der Waals surface area contributed by atoms with E-state index in [1.54, 1.807) is 18.4 Å². The Morgan fingerprint density at radius 1 is 1.18 bits per heavy atom. The zero-order valence-corrected chi connectivity index (χ0v) is 14.0. The lowest BCUT2D eigenvalue weighted by molar-refractivity contribution is 0.309. The van der Waals surface area contributed by atoms with Crippen LogP contribution in [-0.2, 0) is 6.54 Å². The highest BCUT2D eigenvalue weighted by Crippen LogP contribution is 2.15. The predicted octanol–water partition coefficient (Wildman–Crippen LogP) is 3.19. The molecule has 0 radical (unpaired) electrons. The lowest BCUT2D eigenvalue weighted by Crippen LogP contribution is -2.37. The van der Waals surface area contributed by atoms with Crippen molar-refractivity contribution >= 4 is 17.3 Å². The number of aliphatic imine (C=N–C) groups is 1. The first-order valence-electron chi connectivity index (χ1n) is 7.45. The first-order valence-corrected chi connectivity index (χ1v) is 8.33. The molecular formula is C17H23N3OS. The lowest BCUT2D eigenvalue weighted by Gasteiger charge is -2.12. The molecule has 0 aliphatic carbocycles. The monoisotopic (exact) mass is 317 g/mol. The van der Waals surface area contributed by atoms with Crippen LogP contribution >= 0.6 is 11.3 Å². The van der Waals surface area contributed by atoms with Gasteiger partial charge in [0, 0.05) is 18.5 Å². The zero-order valence-electron chi connectivity index (χ0n) is 13.1. The maximum Gasteiger partial charge on any atom is 0.191 e. The van der Waals surface area contributed by atoms with Crippen LogP contribution in [0.15, 0.2) is 46.8 Å². The number of hydrogen-bond acceptors (Lipinski definition) is 3. The first-order chi connectivity index (χ1) is 10.8. The summed E-state index contributed by atoms with van der Waals surface area (Å²) in [6.07, 6.45) is 0.925. The summed E-state index contributed by atoms with van der Waals surface area (Å²) in [5, 5.41) is 8.67. The van der Waals surface area contributed by atoms with Crippen molar-refractivity contribution in [2.24, 2.45) is 4.99 Å². The van der Waals surface area contributed by atoms with Crippen LogP contribution in [0.4, 0.5) is 0 Å². The van der Waals surface area contributed by atoms with E-state index in [1.807, 2.05) is 18.2 Å². The van der Waals surface area contributed by atoms with E-state index in [1.165, 1.54) is 10.4 Å². The van der Waals surface area contributed by atoms with Crippen LogP contribution < -0.4 is 15.4 Å². The molecule has 22 heavy (non-hydrogen) atoms. The van der Waals surface area contributed by atoms with E-state index in [9.17, 15) is 0 Å². The Labute approximate surface area is 136 Å². The molecule has 2 N–H and O–H groups in total. The van der Waals surface area contributed by atoms with Gasteiger partial charge >= 0.3 is 0 Å². The second-order valence-electron chi connectivity index (χ2n) is 4.90. The average Bonchev–Trinajstić information content (AvgIpc) is 3.05. The van der Waals surface area contributed by atoms with Gasteiger partial charge in [-0.2, -0.15) is 0 Å². The quantitative estimate of drug-likeness (QED) is 0.468. The number of rotatable bonds is 7. The summed E-state index contributed by atoms with van der Waals surface area (Å²) in [6, 6.07) is 12.2. The largest absolute Gasteiger partial charge is 0.493 e. The minimum Gasteiger partial charge on any atom is -0.493 e. The molecule has 0 amide bonds. The topological polar surface area (TPSA) is 45.7 Å². The molecule has 118 valence electrons. The molecule has 0 saturated carbocycles. The molecule has 0 spiro atoms. The average molecular weight is 317 g/mol. The summed E-state index contributed by atoms with van der Waals surface area (Å²) in [7, 11) is 1.79. The van der Waals surface area contributed by atoms with Gasteiger partial charge in [0.15, 0.2) is 5.96 Å². The van der Waals surface area contributed by atoms with Gasteiger partial charge in [-0.1, -0.05) is 24.3 Å². The lowest BCUT2D eigenvalue weighted by atomic mass is 10.2. The third-order valence-electron chi connectivity index (χ3n) is 3.20. The van der Waals surface area contributed by atoms with Crippen molar-refractivity contribution in [1.82, 2.24) is 10.6 Å². The fraction of sp³-hybridized carbons (Fsp3) is 0.353. The van der Waals surface area contributed by atoms with Gasteiger partial charge in [-0.15, -0.1) is 11.3 Å². The maximum absolute atomic E-state index is 5.77. The molecule has 0 aliphatic heterocycles. The zero-order chi connectivity index (χ0) is 15.6. The van der Waals surface area contributed by atoms with Gasteiger partial charge in [-0.25, -0.2) is 0 Å². The number of nitrogens with one attached hydrogen (secondary N) is 2. The Kier molecular flexibility index (Phi) is 6.77. The van der Waals surface area contributed by atoms with Crippen LogP contribution in [0.25, 0.3) is 0 Å². The summed E-state index contributed by atoms with van der Waals surface area (Å²) in [5.41, 5.74) is 1.17. The molecule has 0 atom stereocenters. The highest BCUT2D eigenvalue weighted by atomic mass is 32.1. The Balaban J connectivity index is 1.61. The molecule has 2 rings (SSSR count). The summed E-state index contributed by atoms with van der Waals surface area (Å²) in [6.45, 7) is 4.39. The Hall–Kier alpha value is -2.01.